The summed E-state index contributed by atoms with van der Waals surface area (Å²) in [4.78, 5) is 28.3. The van der Waals surface area contributed by atoms with Crippen LogP contribution < -0.4 is 0 Å². The molecule has 7 heteroatoms. The molecule has 0 aliphatic carbocycles. The Morgan fingerprint density at radius 1 is 1.11 bits per heavy atom. The van der Waals surface area contributed by atoms with Crippen molar-refractivity contribution in [2.75, 3.05) is 45.9 Å². The molecule has 2 heterocycles. The fraction of sp³-hybridized carbons (Fsp3) is 0.833. The van der Waals surface area contributed by atoms with Crippen LogP contribution in [0, 0.1) is 0 Å². The number of piperazine rings is 1. The van der Waals surface area contributed by atoms with E-state index in [1.54, 1.807) is 9.80 Å². The maximum Gasteiger partial charge on any atom is 0.320 e. The molecule has 0 aromatic rings. The van der Waals surface area contributed by atoms with Crippen LogP contribution >= 0.6 is 0 Å². The van der Waals surface area contributed by atoms with Crippen LogP contribution in [0.1, 0.15) is 12.8 Å². The van der Waals surface area contributed by atoms with Crippen molar-refractivity contribution >= 4 is 12.0 Å². The molecule has 2 amide bonds. The summed E-state index contributed by atoms with van der Waals surface area (Å²) in [5.41, 5.74) is 0. The zero-order chi connectivity index (χ0) is 13.8. The van der Waals surface area contributed by atoms with Crippen LogP contribution in [0.15, 0.2) is 0 Å². The second kappa shape index (κ2) is 6.21. The lowest BCUT2D eigenvalue weighted by atomic mass is 10.2. The predicted octanol–water partition coefficient (Wildman–Crippen LogP) is -0.735. The lowest BCUT2D eigenvalue weighted by Crippen LogP contribution is -2.54. The van der Waals surface area contributed by atoms with Gasteiger partial charge in [-0.25, -0.2) is 4.79 Å². The standard InChI is InChI=1S/C12H21N3O4/c16-9-10-2-1-3-15(10)12(19)14-6-4-13(5-7-14)8-11(17)18/h10,16H,1-9H2,(H,17,18). The van der Waals surface area contributed by atoms with Gasteiger partial charge in [0.2, 0.25) is 0 Å². The smallest absolute Gasteiger partial charge is 0.320 e. The van der Waals surface area contributed by atoms with Gasteiger partial charge in [0.15, 0.2) is 0 Å². The third-order valence-corrected chi connectivity index (χ3v) is 3.84. The molecule has 0 bridgehead atoms. The van der Waals surface area contributed by atoms with Crippen LogP contribution in [0.2, 0.25) is 0 Å². The van der Waals surface area contributed by atoms with Gasteiger partial charge in [-0.2, -0.15) is 0 Å². The van der Waals surface area contributed by atoms with Crippen LogP contribution in [0.3, 0.4) is 0 Å². The normalized spacial score (nSPS) is 24.8. The number of aliphatic hydroxyl groups excluding tert-OH is 1. The summed E-state index contributed by atoms with van der Waals surface area (Å²) < 4.78 is 0. The number of amides is 2. The highest BCUT2D eigenvalue weighted by Crippen LogP contribution is 2.19. The van der Waals surface area contributed by atoms with E-state index in [1.165, 1.54) is 0 Å². The molecule has 19 heavy (non-hydrogen) atoms. The van der Waals surface area contributed by atoms with Crippen LogP contribution in [0.4, 0.5) is 4.79 Å². The number of hydrogen-bond donors (Lipinski definition) is 2. The third-order valence-electron chi connectivity index (χ3n) is 3.84. The van der Waals surface area contributed by atoms with Gasteiger partial charge in [-0.3, -0.25) is 9.69 Å². The van der Waals surface area contributed by atoms with Crippen molar-refractivity contribution in [3.05, 3.63) is 0 Å². The zero-order valence-corrected chi connectivity index (χ0v) is 11.0. The van der Waals surface area contributed by atoms with Crippen LogP contribution in [-0.2, 0) is 4.79 Å². The van der Waals surface area contributed by atoms with E-state index < -0.39 is 5.97 Å². The second-order valence-electron chi connectivity index (χ2n) is 5.11. The van der Waals surface area contributed by atoms with Crippen molar-refractivity contribution in [2.24, 2.45) is 0 Å². The summed E-state index contributed by atoms with van der Waals surface area (Å²) in [6.07, 6.45) is 1.80. The van der Waals surface area contributed by atoms with Gasteiger partial charge in [0, 0.05) is 32.7 Å². The Balaban J connectivity index is 1.83. The third kappa shape index (κ3) is 3.36. The highest BCUT2D eigenvalue weighted by Gasteiger charge is 2.32. The number of carboxylic acids is 1. The van der Waals surface area contributed by atoms with Gasteiger partial charge >= 0.3 is 12.0 Å². The summed E-state index contributed by atoms with van der Waals surface area (Å²) in [7, 11) is 0. The molecule has 108 valence electrons. The molecule has 2 rings (SSSR count). The lowest BCUT2D eigenvalue weighted by molar-refractivity contribution is -0.138. The Labute approximate surface area is 112 Å². The molecule has 0 aromatic heterocycles. The fourth-order valence-electron chi connectivity index (χ4n) is 2.75. The first kappa shape index (κ1) is 14.1. The minimum absolute atomic E-state index is 0.0186. The summed E-state index contributed by atoms with van der Waals surface area (Å²) in [6.45, 7) is 3.06. The van der Waals surface area contributed by atoms with E-state index in [0.717, 1.165) is 12.8 Å². The van der Waals surface area contributed by atoms with Gasteiger partial charge < -0.3 is 20.0 Å². The Bertz CT molecular complexity index is 342. The van der Waals surface area contributed by atoms with E-state index in [2.05, 4.69) is 0 Å². The Hall–Kier alpha value is -1.34. The first-order valence-electron chi connectivity index (χ1n) is 6.72. The van der Waals surface area contributed by atoms with Gasteiger partial charge in [-0.1, -0.05) is 0 Å². The van der Waals surface area contributed by atoms with Gasteiger partial charge in [0.05, 0.1) is 19.2 Å². The average molecular weight is 271 g/mol. The molecule has 2 N–H and O–H groups in total. The van der Waals surface area contributed by atoms with Gasteiger partial charge in [0.1, 0.15) is 0 Å². The molecule has 2 aliphatic rings. The van der Waals surface area contributed by atoms with E-state index in [9.17, 15) is 14.7 Å². The summed E-state index contributed by atoms with van der Waals surface area (Å²) in [6, 6.07) is -0.0731. The van der Waals surface area contributed by atoms with E-state index in [4.69, 9.17) is 5.11 Å². The molecule has 1 unspecified atom stereocenters. The number of likely N-dealkylation sites (tertiary alicyclic amines) is 1. The molecular weight excluding hydrogens is 250 g/mol. The largest absolute Gasteiger partial charge is 0.480 e. The minimum atomic E-state index is -0.834. The monoisotopic (exact) mass is 271 g/mol. The average Bonchev–Trinajstić information content (AvgIpc) is 2.86. The van der Waals surface area contributed by atoms with Crippen LogP contribution in [-0.4, -0.2) is 88.8 Å². The van der Waals surface area contributed by atoms with Gasteiger partial charge in [-0.15, -0.1) is 0 Å². The van der Waals surface area contributed by atoms with Gasteiger partial charge in [-0.05, 0) is 12.8 Å². The number of carbonyl (C=O) groups excluding carboxylic acids is 1. The molecule has 1 atom stereocenters. The van der Waals surface area contributed by atoms with Crippen molar-refractivity contribution in [1.29, 1.82) is 0 Å². The van der Waals surface area contributed by atoms with E-state index in [-0.39, 0.29) is 25.2 Å². The van der Waals surface area contributed by atoms with E-state index in [0.29, 0.717) is 32.7 Å². The lowest BCUT2D eigenvalue weighted by Gasteiger charge is -2.37. The molecule has 2 aliphatic heterocycles. The van der Waals surface area contributed by atoms with Crippen LogP contribution in [0.5, 0.6) is 0 Å². The maximum atomic E-state index is 12.3. The molecule has 0 aromatic carbocycles. The predicted molar refractivity (Wildman–Crippen MR) is 67.9 cm³/mol. The number of aliphatic hydroxyl groups is 1. The van der Waals surface area contributed by atoms with Crippen molar-refractivity contribution in [3.63, 3.8) is 0 Å². The number of urea groups is 1. The molecule has 7 nitrogen and oxygen atoms in total. The maximum absolute atomic E-state index is 12.3. The summed E-state index contributed by atoms with van der Waals surface area (Å²) in [5, 5.41) is 18.0. The molecule has 2 fully saturated rings. The zero-order valence-electron chi connectivity index (χ0n) is 11.0. The highest BCUT2D eigenvalue weighted by molar-refractivity contribution is 5.75. The van der Waals surface area contributed by atoms with Crippen molar-refractivity contribution < 1.29 is 19.8 Å². The first-order valence-corrected chi connectivity index (χ1v) is 6.72. The topological polar surface area (TPSA) is 84.3 Å². The molecule has 0 saturated carbocycles. The number of aliphatic carboxylic acids is 1. The molecule has 0 spiro atoms. The fourth-order valence-corrected chi connectivity index (χ4v) is 2.75. The SMILES string of the molecule is O=C(O)CN1CCN(C(=O)N2CCCC2CO)CC1. The highest BCUT2D eigenvalue weighted by atomic mass is 16.4. The number of hydrogen-bond acceptors (Lipinski definition) is 4. The Morgan fingerprint density at radius 3 is 2.37 bits per heavy atom. The molecule has 0 radical (unpaired) electrons. The van der Waals surface area contributed by atoms with E-state index >= 15 is 0 Å². The summed E-state index contributed by atoms with van der Waals surface area (Å²) >= 11 is 0. The minimum Gasteiger partial charge on any atom is -0.480 e. The number of carboxylic acid groups (broad SMARTS) is 1. The second-order valence-corrected chi connectivity index (χ2v) is 5.11. The van der Waals surface area contributed by atoms with Crippen LogP contribution in [0.25, 0.3) is 0 Å². The first-order chi connectivity index (χ1) is 9.11. The number of carbonyl (C=O) groups is 2. The number of nitrogens with zero attached hydrogens (tertiary/aromatic N) is 3. The van der Waals surface area contributed by atoms with Gasteiger partial charge in [0.25, 0.3) is 0 Å². The van der Waals surface area contributed by atoms with Crippen molar-refractivity contribution in [2.45, 2.75) is 18.9 Å². The molecular formula is C12H21N3O4. The molecule has 2 saturated heterocycles. The summed E-state index contributed by atoms with van der Waals surface area (Å²) in [5.74, 6) is -0.834. The van der Waals surface area contributed by atoms with Crippen molar-refractivity contribution in [3.8, 4) is 0 Å². The Morgan fingerprint density at radius 2 is 1.79 bits per heavy atom. The number of rotatable bonds is 3. The van der Waals surface area contributed by atoms with E-state index in [1.807, 2.05) is 4.90 Å². The Kier molecular flexibility index (Phi) is 4.60. The quantitative estimate of drug-likeness (QED) is 0.706. The van der Waals surface area contributed by atoms with Crippen molar-refractivity contribution in [1.82, 2.24) is 14.7 Å².